The van der Waals surface area contributed by atoms with Crippen LogP contribution in [-0.2, 0) is 33.4 Å². The molecule has 1 aromatic carbocycles. The number of aliphatic hydroxyl groups is 4. The summed E-state index contributed by atoms with van der Waals surface area (Å²) >= 11 is 0. The number of phenolic OH excluding ortho intramolecular Hbond substituents is 1. The summed E-state index contributed by atoms with van der Waals surface area (Å²) in [4.78, 5) is 47.5. The predicted molar refractivity (Wildman–Crippen MR) is 145 cm³/mol. The molecule has 5 atom stereocenters. The second kappa shape index (κ2) is 13.1. The SMILES string of the molecule is O=C1C=CC(O)(C=CC(=O)OC[C@H]2O[C@H](Oc3ccc(O)cc3)[C@H](O)[C@@H](OC(=O)C=CC3(O)C=CC(=O)C=C3)[C@@H]2O)C=C1. The van der Waals surface area contributed by atoms with Crippen molar-refractivity contribution in [3.8, 4) is 11.5 Å². The lowest BCUT2D eigenvalue weighted by molar-refractivity contribution is -0.281. The smallest absolute Gasteiger partial charge is 0.331 e. The summed E-state index contributed by atoms with van der Waals surface area (Å²) in [5.41, 5.74) is -3.44. The van der Waals surface area contributed by atoms with Crippen LogP contribution >= 0.6 is 0 Å². The van der Waals surface area contributed by atoms with Crippen LogP contribution in [-0.4, -0.2) is 97.6 Å². The first kappa shape index (κ1) is 31.3. The van der Waals surface area contributed by atoms with Crippen LogP contribution in [0.25, 0.3) is 0 Å². The number of hydrogen-bond donors (Lipinski definition) is 5. The zero-order chi connectivity index (χ0) is 31.2. The molecular weight excluding hydrogens is 568 g/mol. The van der Waals surface area contributed by atoms with Gasteiger partial charge in [-0.1, -0.05) is 0 Å². The van der Waals surface area contributed by atoms with Gasteiger partial charge in [0.05, 0.1) is 0 Å². The number of carbonyl (C=O) groups is 4. The number of carbonyl (C=O) groups excluding carboxylic acids is 4. The topological polar surface area (TPSA) is 206 Å². The number of aromatic hydroxyl groups is 1. The minimum Gasteiger partial charge on any atom is -0.508 e. The molecule has 0 saturated carbocycles. The van der Waals surface area contributed by atoms with Gasteiger partial charge in [0, 0.05) is 12.2 Å². The van der Waals surface area contributed by atoms with Crippen LogP contribution in [0.2, 0.25) is 0 Å². The number of ether oxygens (including phenoxy) is 4. The number of benzene rings is 1. The lowest BCUT2D eigenvalue weighted by atomic mass is 9.97. The Morgan fingerprint density at radius 3 is 1.86 bits per heavy atom. The highest BCUT2D eigenvalue weighted by molar-refractivity contribution is 6.01. The van der Waals surface area contributed by atoms with Gasteiger partial charge in [-0.15, -0.1) is 0 Å². The highest BCUT2D eigenvalue weighted by atomic mass is 16.7. The van der Waals surface area contributed by atoms with Gasteiger partial charge >= 0.3 is 11.9 Å². The van der Waals surface area contributed by atoms with Gasteiger partial charge in [-0.25, -0.2) is 9.59 Å². The average Bonchev–Trinajstić information content (AvgIpc) is 2.98. The molecule has 2 aliphatic carbocycles. The molecule has 1 aromatic rings. The zero-order valence-corrected chi connectivity index (χ0v) is 22.3. The summed E-state index contributed by atoms with van der Waals surface area (Å²) in [6, 6.07) is 5.34. The minimum absolute atomic E-state index is 0.0616. The number of esters is 2. The molecular formula is C30H28O13. The third kappa shape index (κ3) is 8.44. The van der Waals surface area contributed by atoms with E-state index in [0.717, 1.165) is 60.8 Å². The number of hydrogen-bond acceptors (Lipinski definition) is 13. The van der Waals surface area contributed by atoms with Crippen molar-refractivity contribution in [3.05, 3.63) is 97.2 Å². The average molecular weight is 597 g/mol. The number of ketones is 2. The molecule has 1 heterocycles. The van der Waals surface area contributed by atoms with E-state index in [2.05, 4.69) is 0 Å². The fourth-order valence-corrected chi connectivity index (χ4v) is 4.03. The Balaban J connectivity index is 1.46. The first-order valence-corrected chi connectivity index (χ1v) is 12.9. The van der Waals surface area contributed by atoms with E-state index in [-0.39, 0.29) is 23.1 Å². The van der Waals surface area contributed by atoms with Crippen molar-refractivity contribution >= 4 is 23.5 Å². The molecule has 1 aliphatic heterocycles. The summed E-state index contributed by atoms with van der Waals surface area (Å²) < 4.78 is 21.6. The summed E-state index contributed by atoms with van der Waals surface area (Å²) in [7, 11) is 0. The minimum atomic E-state index is -1.76. The number of phenols is 1. The third-order valence-electron chi connectivity index (χ3n) is 6.40. The number of rotatable bonds is 9. The maximum atomic E-state index is 12.6. The van der Waals surface area contributed by atoms with Gasteiger partial charge in [0.25, 0.3) is 0 Å². The molecule has 0 radical (unpaired) electrons. The molecule has 0 aromatic heterocycles. The number of aliphatic hydroxyl groups excluding tert-OH is 2. The second-order valence-corrected chi connectivity index (χ2v) is 9.75. The van der Waals surface area contributed by atoms with Crippen molar-refractivity contribution in [2.45, 2.75) is 41.9 Å². The van der Waals surface area contributed by atoms with Crippen LogP contribution in [0.15, 0.2) is 97.2 Å². The molecule has 3 aliphatic rings. The largest absolute Gasteiger partial charge is 0.508 e. The quantitative estimate of drug-likeness (QED) is 0.183. The molecule has 0 unspecified atom stereocenters. The van der Waals surface area contributed by atoms with Crippen LogP contribution in [0.5, 0.6) is 11.5 Å². The van der Waals surface area contributed by atoms with Gasteiger partial charge in [-0.05, 0) is 85.0 Å². The van der Waals surface area contributed by atoms with Crippen LogP contribution < -0.4 is 4.74 Å². The fourth-order valence-electron chi connectivity index (χ4n) is 4.03. The van der Waals surface area contributed by atoms with Gasteiger partial charge < -0.3 is 44.5 Å². The molecule has 43 heavy (non-hydrogen) atoms. The Hall–Kier alpha value is -4.66. The van der Waals surface area contributed by atoms with E-state index in [1.165, 1.54) is 36.4 Å². The molecule has 226 valence electrons. The Labute approximate surface area is 244 Å². The van der Waals surface area contributed by atoms with Crippen molar-refractivity contribution in [1.29, 1.82) is 0 Å². The van der Waals surface area contributed by atoms with E-state index in [4.69, 9.17) is 18.9 Å². The van der Waals surface area contributed by atoms with Crippen LogP contribution in [0.1, 0.15) is 0 Å². The summed E-state index contributed by atoms with van der Waals surface area (Å²) in [5, 5.41) is 52.1. The fraction of sp³-hybridized carbons (Fsp3) is 0.267. The second-order valence-electron chi connectivity index (χ2n) is 9.75. The molecule has 0 amide bonds. The maximum Gasteiger partial charge on any atom is 0.331 e. The van der Waals surface area contributed by atoms with Crippen LogP contribution in [0.3, 0.4) is 0 Å². The molecule has 1 fully saturated rings. The van der Waals surface area contributed by atoms with E-state index in [1.54, 1.807) is 0 Å². The highest BCUT2D eigenvalue weighted by Gasteiger charge is 2.48. The van der Waals surface area contributed by atoms with Crippen molar-refractivity contribution < 1.29 is 63.7 Å². The summed E-state index contributed by atoms with van der Waals surface area (Å²) in [6.07, 6.45) is 4.85. The standard InChI is InChI=1S/C30H28O13/c31-18-1-3-21(4-2-18)41-28-26(37)27(43-24(35)10-16-30(39)13-7-20(33)8-14-30)25(36)22(42-28)17-40-23(34)9-15-29(38)11-5-19(32)6-12-29/h1-16,22,25-28,31,36-39H,17H2/t22-,25-,26-,27+,28+/m1/s1. The van der Waals surface area contributed by atoms with E-state index < -0.39 is 60.5 Å². The first-order valence-electron chi connectivity index (χ1n) is 12.9. The van der Waals surface area contributed by atoms with Crippen molar-refractivity contribution in [1.82, 2.24) is 0 Å². The van der Waals surface area contributed by atoms with E-state index in [0.29, 0.717) is 0 Å². The Bertz CT molecular complexity index is 1380. The lowest BCUT2D eigenvalue weighted by Crippen LogP contribution is -2.61. The van der Waals surface area contributed by atoms with Gasteiger partial charge in [-0.2, -0.15) is 0 Å². The Morgan fingerprint density at radius 2 is 1.33 bits per heavy atom. The molecule has 13 nitrogen and oxygen atoms in total. The lowest BCUT2D eigenvalue weighted by Gasteiger charge is -2.41. The van der Waals surface area contributed by atoms with Gasteiger partial charge in [0.15, 0.2) is 23.8 Å². The molecule has 0 spiro atoms. The van der Waals surface area contributed by atoms with E-state index >= 15 is 0 Å². The molecule has 13 heteroatoms. The highest BCUT2D eigenvalue weighted by Crippen LogP contribution is 2.28. The number of allylic oxidation sites excluding steroid dienone is 4. The third-order valence-corrected chi connectivity index (χ3v) is 6.40. The van der Waals surface area contributed by atoms with Crippen LogP contribution in [0, 0.1) is 0 Å². The van der Waals surface area contributed by atoms with Crippen molar-refractivity contribution in [2.24, 2.45) is 0 Å². The zero-order valence-electron chi connectivity index (χ0n) is 22.3. The van der Waals surface area contributed by atoms with Crippen molar-refractivity contribution in [2.75, 3.05) is 6.61 Å². The monoisotopic (exact) mass is 596 g/mol. The Kier molecular flexibility index (Phi) is 9.53. The van der Waals surface area contributed by atoms with Gasteiger partial charge in [0.2, 0.25) is 6.29 Å². The van der Waals surface area contributed by atoms with E-state index in [9.17, 15) is 44.7 Å². The molecule has 0 bridgehead atoms. The molecule has 5 N–H and O–H groups in total. The molecule has 4 rings (SSSR count). The van der Waals surface area contributed by atoms with Crippen LogP contribution in [0.4, 0.5) is 0 Å². The van der Waals surface area contributed by atoms with Crippen molar-refractivity contribution in [3.63, 3.8) is 0 Å². The summed E-state index contributed by atoms with van der Waals surface area (Å²) in [5.74, 6) is -2.66. The summed E-state index contributed by atoms with van der Waals surface area (Å²) in [6.45, 7) is -0.609. The predicted octanol–water partition coefficient (Wildman–Crippen LogP) is -0.363. The van der Waals surface area contributed by atoms with Gasteiger partial charge in [-0.3, -0.25) is 9.59 Å². The Morgan fingerprint density at radius 1 is 0.814 bits per heavy atom. The first-order chi connectivity index (χ1) is 20.3. The van der Waals surface area contributed by atoms with E-state index in [1.807, 2.05) is 0 Å². The normalized spacial score (nSPS) is 27.5. The maximum absolute atomic E-state index is 12.6. The molecule has 1 saturated heterocycles. The van der Waals surface area contributed by atoms with Gasteiger partial charge in [0.1, 0.15) is 41.5 Å².